The van der Waals surface area contributed by atoms with Gasteiger partial charge in [-0.15, -0.1) is 12.4 Å². The molecular formula is C18H16ClN5O3. The third kappa shape index (κ3) is 2.53. The summed E-state index contributed by atoms with van der Waals surface area (Å²) in [5.74, 6) is 0.736. The van der Waals surface area contributed by atoms with Crippen molar-refractivity contribution in [2.24, 2.45) is 5.73 Å². The molecule has 2 aromatic carbocycles. The fourth-order valence-corrected chi connectivity index (χ4v) is 3.39. The SMILES string of the molecule is Cl.NC(=O)c1nn(-c2ccc3c(c2)OCO3)c2c1CNc1ccc(N)cc1-2. The number of anilines is 2. The van der Waals surface area contributed by atoms with E-state index < -0.39 is 5.91 Å². The number of primary amides is 1. The van der Waals surface area contributed by atoms with Crippen LogP contribution in [0.25, 0.3) is 16.9 Å². The highest BCUT2D eigenvalue weighted by atomic mass is 35.5. The molecule has 0 unspecified atom stereocenters. The van der Waals surface area contributed by atoms with Gasteiger partial charge in [-0.05, 0) is 30.3 Å². The van der Waals surface area contributed by atoms with E-state index in [0.29, 0.717) is 23.7 Å². The molecule has 2 aliphatic rings. The monoisotopic (exact) mass is 385 g/mol. The van der Waals surface area contributed by atoms with Crippen molar-refractivity contribution < 1.29 is 14.3 Å². The van der Waals surface area contributed by atoms with Gasteiger partial charge in [0.15, 0.2) is 17.2 Å². The zero-order valence-corrected chi connectivity index (χ0v) is 14.9. The molecule has 3 aromatic rings. The van der Waals surface area contributed by atoms with E-state index in [1.165, 1.54) is 0 Å². The third-order valence-corrected chi connectivity index (χ3v) is 4.57. The number of halogens is 1. The van der Waals surface area contributed by atoms with E-state index in [9.17, 15) is 4.79 Å². The maximum Gasteiger partial charge on any atom is 0.269 e. The van der Waals surface area contributed by atoms with Crippen LogP contribution in [-0.4, -0.2) is 22.5 Å². The van der Waals surface area contributed by atoms with Crippen LogP contribution in [0.2, 0.25) is 0 Å². The van der Waals surface area contributed by atoms with E-state index in [2.05, 4.69) is 10.4 Å². The van der Waals surface area contributed by atoms with Crippen molar-refractivity contribution in [1.82, 2.24) is 9.78 Å². The Morgan fingerprint density at radius 1 is 1.15 bits per heavy atom. The van der Waals surface area contributed by atoms with Gasteiger partial charge in [0.1, 0.15) is 0 Å². The average molecular weight is 386 g/mol. The van der Waals surface area contributed by atoms with Crippen LogP contribution in [0.1, 0.15) is 16.1 Å². The van der Waals surface area contributed by atoms with Gasteiger partial charge in [0.05, 0.1) is 11.4 Å². The molecule has 3 heterocycles. The Balaban J connectivity index is 0.00000180. The van der Waals surface area contributed by atoms with Crippen LogP contribution >= 0.6 is 12.4 Å². The number of nitrogen functional groups attached to an aromatic ring is 1. The van der Waals surface area contributed by atoms with Gasteiger partial charge in [-0.2, -0.15) is 5.10 Å². The molecule has 2 aliphatic heterocycles. The van der Waals surface area contributed by atoms with Crippen molar-refractivity contribution in [1.29, 1.82) is 0 Å². The van der Waals surface area contributed by atoms with Gasteiger partial charge in [-0.25, -0.2) is 4.68 Å². The van der Waals surface area contributed by atoms with Gasteiger partial charge in [0.2, 0.25) is 6.79 Å². The van der Waals surface area contributed by atoms with Crippen LogP contribution in [-0.2, 0) is 6.54 Å². The minimum absolute atomic E-state index is 0. The number of nitrogens with two attached hydrogens (primary N) is 2. The Hall–Kier alpha value is -3.39. The first-order valence-electron chi connectivity index (χ1n) is 8.07. The van der Waals surface area contributed by atoms with Crippen LogP contribution in [0, 0.1) is 0 Å². The number of rotatable bonds is 2. The maximum atomic E-state index is 11.9. The van der Waals surface area contributed by atoms with Crippen LogP contribution in [0.3, 0.4) is 0 Å². The first kappa shape index (κ1) is 17.0. The molecule has 1 aromatic heterocycles. The van der Waals surface area contributed by atoms with E-state index in [-0.39, 0.29) is 24.9 Å². The summed E-state index contributed by atoms with van der Waals surface area (Å²) in [4.78, 5) is 11.9. The molecule has 0 atom stereocenters. The highest BCUT2D eigenvalue weighted by Gasteiger charge is 2.28. The highest BCUT2D eigenvalue weighted by molar-refractivity contribution is 5.97. The predicted octanol–water partition coefficient (Wildman–Crippen LogP) is 2.30. The molecule has 0 radical (unpaired) electrons. The van der Waals surface area contributed by atoms with Gasteiger partial charge < -0.3 is 26.3 Å². The van der Waals surface area contributed by atoms with E-state index in [1.54, 1.807) is 4.68 Å². The van der Waals surface area contributed by atoms with E-state index >= 15 is 0 Å². The quantitative estimate of drug-likeness (QED) is 0.582. The molecule has 0 fully saturated rings. The van der Waals surface area contributed by atoms with Crippen molar-refractivity contribution in [3.05, 3.63) is 47.7 Å². The molecule has 0 spiro atoms. The predicted molar refractivity (Wildman–Crippen MR) is 103 cm³/mol. The molecule has 9 heteroatoms. The Morgan fingerprint density at radius 2 is 1.96 bits per heavy atom. The molecule has 0 saturated carbocycles. The highest BCUT2D eigenvalue weighted by Crippen LogP contribution is 2.41. The van der Waals surface area contributed by atoms with Gasteiger partial charge in [0, 0.05) is 35.1 Å². The number of ether oxygens (including phenoxy) is 2. The molecule has 138 valence electrons. The molecule has 0 bridgehead atoms. The Labute approximate surface area is 160 Å². The van der Waals surface area contributed by atoms with Gasteiger partial charge in [-0.3, -0.25) is 4.79 Å². The van der Waals surface area contributed by atoms with Gasteiger partial charge >= 0.3 is 0 Å². The second kappa shape index (κ2) is 6.10. The van der Waals surface area contributed by atoms with Crippen molar-refractivity contribution >= 4 is 29.7 Å². The number of nitrogens with one attached hydrogen (secondary N) is 1. The maximum absolute atomic E-state index is 11.9. The number of hydrogen-bond donors (Lipinski definition) is 3. The number of benzene rings is 2. The zero-order chi connectivity index (χ0) is 17.8. The Kier molecular flexibility index (Phi) is 3.85. The topological polar surface area (TPSA) is 117 Å². The summed E-state index contributed by atoms with van der Waals surface area (Å²) >= 11 is 0. The first-order chi connectivity index (χ1) is 12.6. The number of fused-ring (bicyclic) bond motifs is 4. The molecule has 5 N–H and O–H groups in total. The second-order valence-electron chi connectivity index (χ2n) is 6.15. The molecule has 27 heavy (non-hydrogen) atoms. The smallest absolute Gasteiger partial charge is 0.269 e. The summed E-state index contributed by atoms with van der Waals surface area (Å²) in [6, 6.07) is 11.1. The van der Waals surface area contributed by atoms with E-state index in [4.69, 9.17) is 20.9 Å². The number of carbonyl (C=O) groups excluding carboxylic acids is 1. The molecular weight excluding hydrogens is 370 g/mol. The fraction of sp³-hybridized carbons (Fsp3) is 0.111. The first-order valence-corrected chi connectivity index (χ1v) is 8.07. The lowest BCUT2D eigenvalue weighted by molar-refractivity contribution is 0.0994. The summed E-state index contributed by atoms with van der Waals surface area (Å²) in [5.41, 5.74) is 16.5. The number of amides is 1. The molecule has 8 nitrogen and oxygen atoms in total. The van der Waals surface area contributed by atoms with Crippen LogP contribution in [0.4, 0.5) is 11.4 Å². The van der Waals surface area contributed by atoms with Crippen molar-refractivity contribution in [2.75, 3.05) is 17.8 Å². The van der Waals surface area contributed by atoms with E-state index in [0.717, 1.165) is 28.2 Å². The van der Waals surface area contributed by atoms with Crippen molar-refractivity contribution in [2.45, 2.75) is 6.54 Å². The minimum Gasteiger partial charge on any atom is -0.454 e. The van der Waals surface area contributed by atoms with Gasteiger partial charge in [-0.1, -0.05) is 0 Å². The largest absolute Gasteiger partial charge is 0.454 e. The van der Waals surface area contributed by atoms with Crippen LogP contribution < -0.4 is 26.3 Å². The van der Waals surface area contributed by atoms with Crippen LogP contribution in [0.15, 0.2) is 36.4 Å². The minimum atomic E-state index is -0.574. The Morgan fingerprint density at radius 3 is 2.78 bits per heavy atom. The standard InChI is InChI=1S/C18H15N5O3.ClH/c19-9-1-3-13-11(5-9)17-12(7-21-13)16(18(20)24)22-23(17)10-2-4-14-15(6-10)26-8-25-14;/h1-6,21H,7-8,19H2,(H2,20,24);1H. The number of aromatic nitrogens is 2. The van der Waals surface area contributed by atoms with Crippen molar-refractivity contribution in [3.8, 4) is 28.4 Å². The average Bonchev–Trinajstić information content (AvgIpc) is 3.25. The van der Waals surface area contributed by atoms with Crippen LogP contribution in [0.5, 0.6) is 11.5 Å². The fourth-order valence-electron chi connectivity index (χ4n) is 3.39. The normalized spacial score (nSPS) is 13.2. The summed E-state index contributed by atoms with van der Waals surface area (Å²) in [7, 11) is 0. The zero-order valence-electron chi connectivity index (χ0n) is 14.1. The number of hydrogen-bond acceptors (Lipinski definition) is 6. The summed E-state index contributed by atoms with van der Waals surface area (Å²) in [6.45, 7) is 0.640. The van der Waals surface area contributed by atoms with E-state index in [1.807, 2.05) is 36.4 Å². The molecule has 1 amide bonds. The molecule has 5 rings (SSSR count). The summed E-state index contributed by atoms with van der Waals surface area (Å²) in [5, 5.41) is 7.77. The second-order valence-corrected chi connectivity index (χ2v) is 6.15. The third-order valence-electron chi connectivity index (χ3n) is 4.57. The summed E-state index contributed by atoms with van der Waals surface area (Å²) < 4.78 is 12.5. The van der Waals surface area contributed by atoms with Gasteiger partial charge in [0.25, 0.3) is 5.91 Å². The van der Waals surface area contributed by atoms with Crippen molar-refractivity contribution in [3.63, 3.8) is 0 Å². The Bertz CT molecular complexity index is 1080. The summed E-state index contributed by atoms with van der Waals surface area (Å²) in [6.07, 6.45) is 0. The molecule has 0 saturated heterocycles. The number of nitrogens with zero attached hydrogens (tertiary/aromatic N) is 2. The lowest BCUT2D eigenvalue weighted by Gasteiger charge is -2.21. The lowest BCUT2D eigenvalue weighted by atomic mass is 9.98. The number of carbonyl (C=O) groups is 1. The molecule has 0 aliphatic carbocycles. The lowest BCUT2D eigenvalue weighted by Crippen LogP contribution is -2.16.